The predicted octanol–water partition coefficient (Wildman–Crippen LogP) is 2.72. The summed E-state index contributed by atoms with van der Waals surface area (Å²) in [7, 11) is 0. The van der Waals surface area contributed by atoms with Crippen LogP contribution in [0.2, 0.25) is 0 Å². The largest absolute Gasteiger partial charge is 0.393 e. The van der Waals surface area contributed by atoms with Crippen LogP contribution in [-0.4, -0.2) is 29.9 Å². The Labute approximate surface area is 138 Å². The van der Waals surface area contributed by atoms with Gasteiger partial charge in [-0.1, -0.05) is 31.2 Å². The van der Waals surface area contributed by atoms with Gasteiger partial charge in [-0.15, -0.1) is 0 Å². The molecule has 1 fully saturated rings. The van der Waals surface area contributed by atoms with Crippen LogP contribution in [0.1, 0.15) is 50.2 Å². The number of carbonyl (C=O) groups excluding carboxylic acids is 1. The molecule has 1 aliphatic rings. The van der Waals surface area contributed by atoms with Crippen molar-refractivity contribution < 1.29 is 14.6 Å². The summed E-state index contributed by atoms with van der Waals surface area (Å²) in [6, 6.07) is 8.04. The first-order valence-electron chi connectivity index (χ1n) is 8.56. The zero-order valence-corrected chi connectivity index (χ0v) is 13.9. The number of hydrogen-bond acceptors (Lipinski definition) is 3. The van der Waals surface area contributed by atoms with Gasteiger partial charge in [0.1, 0.15) is 0 Å². The molecule has 3 N–H and O–H groups in total. The van der Waals surface area contributed by atoms with Gasteiger partial charge >= 0.3 is 6.03 Å². The van der Waals surface area contributed by atoms with Gasteiger partial charge in [0.25, 0.3) is 0 Å². The fraction of sp³-hybridized carbons (Fsp3) is 0.611. The maximum absolute atomic E-state index is 12.0. The third kappa shape index (κ3) is 6.20. The van der Waals surface area contributed by atoms with E-state index in [4.69, 9.17) is 4.74 Å². The molecule has 2 rings (SSSR count). The molecule has 2 amide bonds. The highest BCUT2D eigenvalue weighted by Gasteiger charge is 2.20. The maximum atomic E-state index is 12.0. The van der Waals surface area contributed by atoms with Gasteiger partial charge in [0.05, 0.1) is 12.7 Å². The average Bonchev–Trinajstić information content (AvgIpc) is 2.56. The number of amides is 2. The number of ether oxygens (including phenoxy) is 1. The molecular weight excluding hydrogens is 292 g/mol. The molecule has 0 bridgehead atoms. The van der Waals surface area contributed by atoms with Crippen LogP contribution in [0.5, 0.6) is 0 Å². The summed E-state index contributed by atoms with van der Waals surface area (Å²) in [6.07, 6.45) is 4.02. The Bertz CT molecular complexity index is 485. The Balaban J connectivity index is 1.77. The van der Waals surface area contributed by atoms with Crippen molar-refractivity contribution in [3.63, 3.8) is 0 Å². The molecule has 0 aromatic heterocycles. The van der Waals surface area contributed by atoms with Gasteiger partial charge in [-0.2, -0.15) is 0 Å². The number of hydrogen-bond donors (Lipinski definition) is 3. The van der Waals surface area contributed by atoms with Crippen LogP contribution < -0.4 is 10.6 Å². The van der Waals surface area contributed by atoms with Crippen LogP contribution in [-0.2, 0) is 17.9 Å². The van der Waals surface area contributed by atoms with Crippen LogP contribution >= 0.6 is 0 Å². The van der Waals surface area contributed by atoms with Crippen LogP contribution in [0.4, 0.5) is 4.79 Å². The fourth-order valence-electron chi connectivity index (χ4n) is 2.83. The minimum atomic E-state index is -0.203. The van der Waals surface area contributed by atoms with Gasteiger partial charge in [-0.25, -0.2) is 4.79 Å². The lowest BCUT2D eigenvalue weighted by atomic mass is 9.93. The molecule has 0 spiro atoms. The molecule has 1 saturated carbocycles. The van der Waals surface area contributed by atoms with E-state index >= 15 is 0 Å². The Morgan fingerprint density at radius 3 is 2.61 bits per heavy atom. The lowest BCUT2D eigenvalue weighted by Crippen LogP contribution is -2.44. The third-order valence-electron chi connectivity index (χ3n) is 4.20. The summed E-state index contributed by atoms with van der Waals surface area (Å²) in [6.45, 7) is 3.90. The first-order chi connectivity index (χ1) is 11.2. The Morgan fingerprint density at radius 1 is 1.22 bits per heavy atom. The number of nitrogens with one attached hydrogen (secondary N) is 2. The van der Waals surface area contributed by atoms with Crippen molar-refractivity contribution in [1.29, 1.82) is 0 Å². The van der Waals surface area contributed by atoms with E-state index in [0.29, 0.717) is 13.2 Å². The second-order valence-corrected chi connectivity index (χ2v) is 6.15. The van der Waals surface area contributed by atoms with Gasteiger partial charge in [0.15, 0.2) is 0 Å². The number of rotatable bonds is 7. The average molecular weight is 320 g/mol. The standard InChI is InChI=1S/C18H28N2O3/c1-2-11-23-13-15-6-4-3-5-14(15)12-19-18(22)20-16-7-9-17(21)10-8-16/h3-6,16-17,21H,2,7-13H2,1H3,(H2,19,20,22). The molecule has 0 heterocycles. The highest BCUT2D eigenvalue weighted by atomic mass is 16.5. The summed E-state index contributed by atoms with van der Waals surface area (Å²) in [4.78, 5) is 12.0. The highest BCUT2D eigenvalue weighted by Crippen LogP contribution is 2.18. The Morgan fingerprint density at radius 2 is 1.91 bits per heavy atom. The predicted molar refractivity (Wildman–Crippen MR) is 90.0 cm³/mol. The molecule has 23 heavy (non-hydrogen) atoms. The van der Waals surface area contributed by atoms with E-state index in [1.165, 1.54) is 0 Å². The zero-order chi connectivity index (χ0) is 16.5. The highest BCUT2D eigenvalue weighted by molar-refractivity contribution is 5.74. The summed E-state index contributed by atoms with van der Waals surface area (Å²) in [5.74, 6) is 0. The molecule has 128 valence electrons. The first kappa shape index (κ1) is 17.8. The van der Waals surface area contributed by atoms with E-state index in [2.05, 4.69) is 17.6 Å². The number of carbonyl (C=O) groups is 1. The van der Waals surface area contributed by atoms with Crippen LogP contribution in [0.3, 0.4) is 0 Å². The van der Waals surface area contributed by atoms with Gasteiger partial charge in [-0.05, 0) is 43.2 Å². The minimum Gasteiger partial charge on any atom is -0.393 e. The Kier molecular flexibility index (Phi) is 7.36. The Hall–Kier alpha value is -1.59. The lowest BCUT2D eigenvalue weighted by Gasteiger charge is -2.26. The van der Waals surface area contributed by atoms with Crippen molar-refractivity contribution in [2.24, 2.45) is 0 Å². The zero-order valence-electron chi connectivity index (χ0n) is 13.9. The van der Waals surface area contributed by atoms with Gasteiger partial charge in [0, 0.05) is 19.2 Å². The lowest BCUT2D eigenvalue weighted by molar-refractivity contribution is 0.117. The molecule has 1 aromatic rings. The van der Waals surface area contributed by atoms with Crippen LogP contribution in [0, 0.1) is 0 Å². The van der Waals surface area contributed by atoms with Crippen LogP contribution in [0.25, 0.3) is 0 Å². The van der Waals surface area contributed by atoms with Crippen molar-refractivity contribution in [1.82, 2.24) is 10.6 Å². The van der Waals surface area contributed by atoms with Crippen molar-refractivity contribution in [2.45, 2.75) is 64.3 Å². The quantitative estimate of drug-likeness (QED) is 0.677. The van der Waals surface area contributed by atoms with E-state index in [-0.39, 0.29) is 18.2 Å². The number of benzene rings is 1. The van der Waals surface area contributed by atoms with E-state index in [9.17, 15) is 9.90 Å². The second-order valence-electron chi connectivity index (χ2n) is 6.15. The minimum absolute atomic E-state index is 0.143. The van der Waals surface area contributed by atoms with Gasteiger partial charge < -0.3 is 20.5 Å². The fourth-order valence-corrected chi connectivity index (χ4v) is 2.83. The molecule has 5 nitrogen and oxygen atoms in total. The molecule has 5 heteroatoms. The molecule has 1 aliphatic carbocycles. The van der Waals surface area contributed by atoms with Crippen molar-refractivity contribution in [3.05, 3.63) is 35.4 Å². The van der Waals surface area contributed by atoms with Gasteiger partial charge in [0.2, 0.25) is 0 Å². The third-order valence-corrected chi connectivity index (χ3v) is 4.20. The van der Waals surface area contributed by atoms with E-state index in [1.54, 1.807) is 0 Å². The van der Waals surface area contributed by atoms with Gasteiger partial charge in [-0.3, -0.25) is 0 Å². The molecular formula is C18H28N2O3. The topological polar surface area (TPSA) is 70.6 Å². The molecule has 0 atom stereocenters. The summed E-state index contributed by atoms with van der Waals surface area (Å²) in [5.41, 5.74) is 2.19. The molecule has 0 aliphatic heterocycles. The number of urea groups is 1. The van der Waals surface area contributed by atoms with Crippen LogP contribution in [0.15, 0.2) is 24.3 Å². The monoisotopic (exact) mass is 320 g/mol. The molecule has 0 saturated heterocycles. The summed E-state index contributed by atoms with van der Waals surface area (Å²) in [5, 5.41) is 15.4. The summed E-state index contributed by atoms with van der Waals surface area (Å²) < 4.78 is 5.60. The molecule has 0 radical (unpaired) electrons. The van der Waals surface area contributed by atoms with Crippen molar-refractivity contribution in [3.8, 4) is 0 Å². The van der Waals surface area contributed by atoms with Crippen molar-refractivity contribution >= 4 is 6.03 Å². The van der Waals surface area contributed by atoms with Crippen molar-refractivity contribution in [2.75, 3.05) is 6.61 Å². The SMILES string of the molecule is CCCOCc1ccccc1CNC(=O)NC1CCC(O)CC1. The molecule has 1 aromatic carbocycles. The maximum Gasteiger partial charge on any atom is 0.315 e. The number of aliphatic hydroxyl groups is 1. The first-order valence-corrected chi connectivity index (χ1v) is 8.56. The number of aliphatic hydroxyl groups excluding tert-OH is 1. The van der Waals surface area contributed by atoms with E-state index in [0.717, 1.165) is 49.8 Å². The summed E-state index contributed by atoms with van der Waals surface area (Å²) >= 11 is 0. The van der Waals surface area contributed by atoms with E-state index < -0.39 is 0 Å². The van der Waals surface area contributed by atoms with E-state index in [1.807, 2.05) is 24.3 Å². The second kappa shape index (κ2) is 9.53. The molecule has 0 unspecified atom stereocenters. The smallest absolute Gasteiger partial charge is 0.315 e. The normalized spacial score (nSPS) is 21.0.